The number of aliphatic hydroxyl groups excluding tert-OH is 1. The predicted molar refractivity (Wildman–Crippen MR) is 118 cm³/mol. The number of amides is 1. The van der Waals surface area contributed by atoms with Crippen LogP contribution < -0.4 is 4.90 Å². The fraction of sp³-hybridized carbons (Fsp3) is 0.480. The van der Waals surface area contributed by atoms with E-state index in [0.717, 1.165) is 42.7 Å². The lowest BCUT2D eigenvalue weighted by molar-refractivity contribution is -0.119. The minimum Gasteiger partial charge on any atom is -0.391 e. The highest BCUT2D eigenvalue weighted by Gasteiger charge is 2.35. The molecule has 1 fully saturated rings. The van der Waals surface area contributed by atoms with E-state index < -0.39 is 18.7 Å². The molecule has 1 aliphatic heterocycles. The van der Waals surface area contributed by atoms with Gasteiger partial charge in [-0.2, -0.15) is 0 Å². The monoisotopic (exact) mass is 409 g/mol. The van der Waals surface area contributed by atoms with E-state index in [1.165, 1.54) is 10.5 Å². The quantitative estimate of drug-likeness (QED) is 0.819. The summed E-state index contributed by atoms with van der Waals surface area (Å²) in [6.07, 6.45) is 3.02. The smallest absolute Gasteiger partial charge is 0.258 e. The molecule has 2 aromatic carbocycles. The van der Waals surface area contributed by atoms with Gasteiger partial charge in [-0.3, -0.25) is 9.69 Å². The van der Waals surface area contributed by atoms with Crippen LogP contribution in [-0.4, -0.2) is 54.4 Å². The summed E-state index contributed by atoms with van der Waals surface area (Å²) in [5.41, 5.74) is 4.35. The molecule has 1 N–H and O–H groups in total. The Balaban J connectivity index is 1.51. The molecule has 0 radical (unpaired) electrons. The molecule has 1 saturated heterocycles. The van der Waals surface area contributed by atoms with Crippen molar-refractivity contribution in [2.45, 2.75) is 50.7 Å². The highest BCUT2D eigenvalue weighted by Crippen LogP contribution is 2.35. The van der Waals surface area contributed by atoms with Gasteiger partial charge in [-0.1, -0.05) is 42.5 Å². The minimum absolute atomic E-state index is 0.0366. The molecule has 0 unspecified atom stereocenters. The summed E-state index contributed by atoms with van der Waals surface area (Å²) in [6, 6.07) is 16.5. The number of likely N-dealkylation sites (tertiary alicyclic amines) is 1. The van der Waals surface area contributed by atoms with Gasteiger partial charge in [-0.25, -0.2) is 4.39 Å². The molecule has 5 heteroatoms. The van der Waals surface area contributed by atoms with Crippen LogP contribution in [-0.2, 0) is 17.6 Å². The largest absolute Gasteiger partial charge is 0.391 e. The van der Waals surface area contributed by atoms with Crippen LogP contribution in [0.15, 0.2) is 48.5 Å². The number of benzene rings is 2. The highest BCUT2D eigenvalue weighted by atomic mass is 18.2. The maximum atomic E-state index is 13.1. The van der Waals surface area contributed by atoms with Gasteiger partial charge in [0.25, 0.3) is 5.91 Å². The fourth-order valence-corrected chi connectivity index (χ4v) is 5.22. The molecule has 1 aliphatic carbocycles. The van der Waals surface area contributed by atoms with Gasteiger partial charge >= 0.3 is 0 Å². The van der Waals surface area contributed by atoms with Crippen molar-refractivity contribution in [3.63, 3.8) is 0 Å². The van der Waals surface area contributed by atoms with E-state index in [2.05, 4.69) is 35.2 Å². The van der Waals surface area contributed by atoms with Crippen molar-refractivity contribution in [2.75, 3.05) is 31.2 Å². The van der Waals surface area contributed by atoms with Gasteiger partial charge in [-0.15, -0.1) is 0 Å². The van der Waals surface area contributed by atoms with Crippen molar-refractivity contribution in [1.82, 2.24) is 4.90 Å². The molecule has 4 rings (SSSR count). The van der Waals surface area contributed by atoms with Crippen LogP contribution >= 0.6 is 0 Å². The first-order valence-electron chi connectivity index (χ1n) is 11.1. The van der Waals surface area contributed by atoms with Crippen molar-refractivity contribution in [3.8, 4) is 0 Å². The van der Waals surface area contributed by atoms with E-state index in [1.54, 1.807) is 0 Å². The number of carbonyl (C=O) groups is 1. The Morgan fingerprint density at radius 2 is 1.83 bits per heavy atom. The summed E-state index contributed by atoms with van der Waals surface area (Å²) in [4.78, 5) is 16.1. The molecule has 0 aromatic heterocycles. The predicted octanol–water partition coefficient (Wildman–Crippen LogP) is 3.72. The SMILES string of the molecule is CCN(C(=O)C[18F])c1cccc2c1C[C@@H](N1CCC(c3ccccc3)CC1)[C@H](O)C2. The minimum atomic E-state index is -0.990. The molecule has 1 amide bonds. The molecule has 30 heavy (non-hydrogen) atoms. The number of alkyl halides is 1. The standard InChI is InChI=1S/C25H31FN2O2/c1-2-28(25(30)17-26)22-10-6-9-20-15-24(29)23(16-21(20)22)27-13-11-19(12-14-27)18-7-4-3-5-8-18/h3-10,19,23-24,29H,2,11-17H2,1H3/t23-,24-/m1/s1/i26-1. The average Bonchev–Trinajstić information content (AvgIpc) is 2.80. The first-order chi connectivity index (χ1) is 14.6. The van der Waals surface area contributed by atoms with Gasteiger partial charge in [0.1, 0.15) is 0 Å². The zero-order valence-corrected chi connectivity index (χ0v) is 17.6. The first kappa shape index (κ1) is 21.0. The van der Waals surface area contributed by atoms with Crippen LogP contribution in [0.4, 0.5) is 10.1 Å². The second kappa shape index (κ2) is 9.27. The molecular weight excluding hydrogens is 378 g/mol. The zero-order valence-electron chi connectivity index (χ0n) is 17.6. The molecular formula is C25H31FN2O2. The molecule has 2 aliphatic rings. The van der Waals surface area contributed by atoms with Crippen LogP contribution in [0.2, 0.25) is 0 Å². The van der Waals surface area contributed by atoms with Crippen molar-refractivity contribution in [1.29, 1.82) is 0 Å². The third-order valence-corrected chi connectivity index (χ3v) is 6.83. The molecule has 1 heterocycles. The fourth-order valence-electron chi connectivity index (χ4n) is 5.22. The average molecular weight is 410 g/mol. The van der Waals surface area contributed by atoms with E-state index in [1.807, 2.05) is 25.1 Å². The van der Waals surface area contributed by atoms with Crippen molar-refractivity contribution >= 4 is 11.6 Å². The van der Waals surface area contributed by atoms with E-state index >= 15 is 0 Å². The van der Waals surface area contributed by atoms with Gasteiger partial charge in [0.05, 0.1) is 6.10 Å². The topological polar surface area (TPSA) is 43.8 Å². The van der Waals surface area contributed by atoms with Gasteiger partial charge in [0.2, 0.25) is 0 Å². The Hall–Kier alpha value is -2.24. The molecule has 2 aromatic rings. The number of rotatable bonds is 5. The van der Waals surface area contributed by atoms with Crippen molar-refractivity contribution in [3.05, 3.63) is 65.2 Å². The van der Waals surface area contributed by atoms with Crippen LogP contribution in [0.3, 0.4) is 0 Å². The molecule has 160 valence electrons. The number of halogens is 1. The summed E-state index contributed by atoms with van der Waals surface area (Å²) >= 11 is 0. The maximum Gasteiger partial charge on any atom is 0.258 e. The van der Waals surface area contributed by atoms with E-state index in [4.69, 9.17) is 0 Å². The lowest BCUT2D eigenvalue weighted by atomic mass is 9.82. The van der Waals surface area contributed by atoms with Crippen LogP contribution in [0.25, 0.3) is 0 Å². The van der Waals surface area contributed by atoms with Crippen molar-refractivity contribution < 1.29 is 14.3 Å². The third kappa shape index (κ3) is 4.14. The zero-order chi connectivity index (χ0) is 21.1. The molecule has 4 nitrogen and oxygen atoms in total. The molecule has 0 bridgehead atoms. The second-order valence-corrected chi connectivity index (χ2v) is 8.45. The van der Waals surface area contributed by atoms with E-state index in [9.17, 15) is 14.3 Å². The number of piperidine rings is 1. The van der Waals surface area contributed by atoms with Crippen molar-refractivity contribution in [2.24, 2.45) is 0 Å². The maximum absolute atomic E-state index is 13.1. The van der Waals surface area contributed by atoms with Gasteiger partial charge in [-0.05, 0) is 68.0 Å². The Bertz CT molecular complexity index is 865. The third-order valence-electron chi connectivity index (χ3n) is 6.83. The summed E-state index contributed by atoms with van der Waals surface area (Å²) in [5.74, 6) is 0.0704. The van der Waals surface area contributed by atoms with E-state index in [0.29, 0.717) is 25.3 Å². The summed E-state index contributed by atoms with van der Waals surface area (Å²) < 4.78 is 13.1. The molecule has 0 spiro atoms. The van der Waals surface area contributed by atoms with Crippen LogP contribution in [0.1, 0.15) is 42.4 Å². The lowest BCUT2D eigenvalue weighted by Crippen LogP contribution is -2.51. The molecule has 0 saturated carbocycles. The Labute approximate surface area is 178 Å². The normalized spacial score (nSPS) is 22.5. The number of anilines is 1. The van der Waals surface area contributed by atoms with Gasteiger partial charge in [0.15, 0.2) is 6.67 Å². The lowest BCUT2D eigenvalue weighted by Gasteiger charge is -2.43. The van der Waals surface area contributed by atoms with Gasteiger partial charge in [0, 0.05) is 24.7 Å². The number of fused-ring (bicyclic) bond motifs is 1. The highest BCUT2D eigenvalue weighted by molar-refractivity contribution is 5.95. The number of hydrogen-bond donors (Lipinski definition) is 1. The number of nitrogens with zero attached hydrogens (tertiary/aromatic N) is 2. The van der Waals surface area contributed by atoms with E-state index in [-0.39, 0.29) is 6.04 Å². The van der Waals surface area contributed by atoms with Gasteiger partial charge < -0.3 is 10.0 Å². The second-order valence-electron chi connectivity index (χ2n) is 8.45. The Kier molecular flexibility index (Phi) is 6.49. The Morgan fingerprint density at radius 3 is 2.50 bits per heavy atom. The first-order valence-corrected chi connectivity index (χ1v) is 11.1. The number of aliphatic hydroxyl groups is 1. The number of hydrogen-bond acceptors (Lipinski definition) is 3. The Morgan fingerprint density at radius 1 is 1.10 bits per heavy atom. The molecule has 2 atom stereocenters. The summed E-state index contributed by atoms with van der Waals surface area (Å²) in [6.45, 7) is 3.24. The van der Waals surface area contributed by atoms with Crippen LogP contribution in [0.5, 0.6) is 0 Å². The summed E-state index contributed by atoms with van der Waals surface area (Å²) in [7, 11) is 0. The summed E-state index contributed by atoms with van der Waals surface area (Å²) in [5, 5.41) is 10.9. The van der Waals surface area contributed by atoms with Crippen LogP contribution in [0, 0.1) is 0 Å². The number of carbonyl (C=O) groups excluding carboxylic acids is 1.